The molecule has 1 aliphatic carbocycles. The van der Waals surface area contributed by atoms with Crippen LogP contribution in [0.5, 0.6) is 0 Å². The molecule has 0 saturated carbocycles. The van der Waals surface area contributed by atoms with E-state index in [2.05, 4.69) is 27.3 Å². The minimum atomic E-state index is -0.563. The first-order valence-corrected chi connectivity index (χ1v) is 8.96. The van der Waals surface area contributed by atoms with Crippen molar-refractivity contribution < 1.29 is 14.3 Å². The Bertz CT molecular complexity index is 837. The average molecular weight is 405 g/mol. The van der Waals surface area contributed by atoms with Gasteiger partial charge in [0, 0.05) is 9.35 Å². The first-order chi connectivity index (χ1) is 11.6. The van der Waals surface area contributed by atoms with Crippen molar-refractivity contribution in [3.05, 3.63) is 50.3 Å². The van der Waals surface area contributed by atoms with Crippen LogP contribution in [0.2, 0.25) is 0 Å². The van der Waals surface area contributed by atoms with Crippen LogP contribution in [0.1, 0.15) is 32.8 Å². The van der Waals surface area contributed by atoms with Gasteiger partial charge in [-0.1, -0.05) is 15.9 Å². The van der Waals surface area contributed by atoms with Gasteiger partial charge >= 0.3 is 5.97 Å². The fourth-order valence-electron chi connectivity index (χ4n) is 2.57. The van der Waals surface area contributed by atoms with E-state index in [0.717, 1.165) is 34.2 Å². The normalized spacial score (nSPS) is 12.3. The molecular formula is C17H13BrN2O3S. The Morgan fingerprint density at radius 2 is 2.04 bits per heavy atom. The summed E-state index contributed by atoms with van der Waals surface area (Å²) in [6, 6.07) is 8.84. The maximum atomic E-state index is 12.0. The second-order valence-corrected chi connectivity index (χ2v) is 7.33. The predicted octanol–water partition coefficient (Wildman–Crippen LogP) is 3.67. The molecule has 0 unspecified atom stereocenters. The number of fused-ring (bicyclic) bond motifs is 1. The number of aryl methyl sites for hydroxylation is 1. The molecule has 1 aromatic heterocycles. The average Bonchev–Trinajstić information content (AvgIpc) is 3.13. The third kappa shape index (κ3) is 3.50. The van der Waals surface area contributed by atoms with E-state index in [1.165, 1.54) is 11.3 Å². The van der Waals surface area contributed by atoms with Gasteiger partial charge in [0.2, 0.25) is 0 Å². The van der Waals surface area contributed by atoms with Crippen LogP contribution >= 0.6 is 27.3 Å². The lowest BCUT2D eigenvalue weighted by Gasteiger charge is -2.06. The summed E-state index contributed by atoms with van der Waals surface area (Å²) in [4.78, 5) is 25.0. The lowest BCUT2D eigenvalue weighted by molar-refractivity contribution is -0.119. The lowest BCUT2D eigenvalue weighted by Crippen LogP contribution is -2.20. The van der Waals surface area contributed by atoms with E-state index in [1.54, 1.807) is 24.3 Å². The molecule has 5 nitrogen and oxygen atoms in total. The van der Waals surface area contributed by atoms with Gasteiger partial charge in [-0.15, -0.1) is 11.3 Å². The number of thiophene rings is 1. The van der Waals surface area contributed by atoms with Gasteiger partial charge in [0.1, 0.15) is 11.1 Å². The monoisotopic (exact) mass is 404 g/mol. The molecule has 3 rings (SSSR count). The number of carbonyl (C=O) groups is 2. The maximum Gasteiger partial charge on any atom is 0.338 e. The van der Waals surface area contributed by atoms with Crippen LogP contribution in [0, 0.1) is 11.3 Å². The summed E-state index contributed by atoms with van der Waals surface area (Å²) in [5.74, 6) is -1.01. The molecule has 0 bridgehead atoms. The molecule has 122 valence electrons. The SMILES string of the molecule is N#Cc1c(NC(=O)COC(=O)c2ccc(Br)cc2)sc2c1CCC2. The van der Waals surface area contributed by atoms with Gasteiger partial charge in [0.05, 0.1) is 11.1 Å². The van der Waals surface area contributed by atoms with Crippen LogP contribution in [0.3, 0.4) is 0 Å². The fraction of sp³-hybridized carbons (Fsp3) is 0.235. The van der Waals surface area contributed by atoms with E-state index in [9.17, 15) is 14.9 Å². The third-order valence-corrected chi connectivity index (χ3v) is 5.44. The minimum Gasteiger partial charge on any atom is -0.452 e. The first kappa shape index (κ1) is 16.7. The van der Waals surface area contributed by atoms with E-state index in [1.807, 2.05) is 0 Å². The zero-order valence-corrected chi connectivity index (χ0v) is 15.0. The van der Waals surface area contributed by atoms with Gasteiger partial charge in [-0.05, 0) is 49.1 Å². The van der Waals surface area contributed by atoms with Crippen LogP contribution in [0.25, 0.3) is 0 Å². The predicted molar refractivity (Wildman–Crippen MR) is 94.1 cm³/mol. The Labute approximate surface area is 151 Å². The first-order valence-electron chi connectivity index (χ1n) is 7.35. The van der Waals surface area contributed by atoms with Gasteiger partial charge in [0.15, 0.2) is 6.61 Å². The number of rotatable bonds is 4. The molecule has 1 aromatic carbocycles. The second kappa shape index (κ2) is 7.16. The molecule has 1 heterocycles. The van der Waals surface area contributed by atoms with E-state index in [4.69, 9.17) is 4.74 Å². The largest absolute Gasteiger partial charge is 0.452 e. The number of amides is 1. The zero-order valence-electron chi connectivity index (χ0n) is 12.6. The smallest absolute Gasteiger partial charge is 0.338 e. The molecule has 0 fully saturated rings. The van der Waals surface area contributed by atoms with Gasteiger partial charge in [-0.25, -0.2) is 4.79 Å². The molecule has 2 aromatic rings. The molecule has 1 amide bonds. The third-order valence-electron chi connectivity index (χ3n) is 3.70. The van der Waals surface area contributed by atoms with Crippen LogP contribution < -0.4 is 5.32 Å². The molecule has 0 aliphatic heterocycles. The summed E-state index contributed by atoms with van der Waals surface area (Å²) in [7, 11) is 0. The number of benzene rings is 1. The number of ether oxygens (including phenoxy) is 1. The molecule has 0 spiro atoms. The quantitative estimate of drug-likeness (QED) is 0.788. The number of nitrogens with one attached hydrogen (secondary N) is 1. The molecule has 1 aliphatic rings. The Balaban J connectivity index is 1.59. The Kier molecular flexibility index (Phi) is 4.97. The highest BCUT2D eigenvalue weighted by Gasteiger charge is 2.23. The topological polar surface area (TPSA) is 79.2 Å². The van der Waals surface area contributed by atoms with E-state index in [-0.39, 0.29) is 6.61 Å². The Hall–Kier alpha value is -2.17. The summed E-state index contributed by atoms with van der Waals surface area (Å²) in [5.41, 5.74) is 1.96. The van der Waals surface area contributed by atoms with E-state index < -0.39 is 11.9 Å². The molecule has 1 N–H and O–H groups in total. The molecule has 0 atom stereocenters. The Morgan fingerprint density at radius 1 is 1.29 bits per heavy atom. The van der Waals surface area contributed by atoms with Crippen molar-refractivity contribution in [1.29, 1.82) is 5.26 Å². The van der Waals surface area contributed by atoms with Crippen molar-refractivity contribution in [3.63, 3.8) is 0 Å². The van der Waals surface area contributed by atoms with Crippen LogP contribution in [-0.4, -0.2) is 18.5 Å². The summed E-state index contributed by atoms with van der Waals surface area (Å²) in [6.07, 6.45) is 2.88. The van der Waals surface area contributed by atoms with Gasteiger partial charge in [-0.2, -0.15) is 5.26 Å². The Morgan fingerprint density at radius 3 is 2.75 bits per heavy atom. The standard InChI is InChI=1S/C17H13BrN2O3S/c18-11-6-4-10(5-7-11)17(22)23-9-15(21)20-16-13(8-19)12-2-1-3-14(12)24-16/h4-7H,1-3,9H2,(H,20,21). The number of nitriles is 1. The number of hydrogen-bond donors (Lipinski definition) is 1. The van der Waals surface area contributed by atoms with Gasteiger partial charge < -0.3 is 10.1 Å². The summed E-state index contributed by atoms with van der Waals surface area (Å²) >= 11 is 4.72. The zero-order chi connectivity index (χ0) is 17.1. The summed E-state index contributed by atoms with van der Waals surface area (Å²) in [6.45, 7) is -0.387. The van der Waals surface area contributed by atoms with E-state index in [0.29, 0.717) is 16.1 Å². The fourth-order valence-corrected chi connectivity index (χ4v) is 4.09. The molecular weight excluding hydrogens is 392 g/mol. The van der Waals surface area contributed by atoms with Gasteiger partial charge in [-0.3, -0.25) is 4.79 Å². The molecule has 24 heavy (non-hydrogen) atoms. The highest BCUT2D eigenvalue weighted by molar-refractivity contribution is 9.10. The van der Waals surface area contributed by atoms with E-state index >= 15 is 0 Å². The summed E-state index contributed by atoms with van der Waals surface area (Å²) < 4.78 is 5.86. The van der Waals surface area contributed by atoms with Crippen LogP contribution in [-0.2, 0) is 22.4 Å². The molecule has 0 saturated heterocycles. The number of halogens is 1. The molecule has 7 heteroatoms. The lowest BCUT2D eigenvalue weighted by atomic mass is 10.1. The minimum absolute atomic E-state index is 0.374. The number of esters is 1. The number of hydrogen-bond acceptors (Lipinski definition) is 5. The van der Waals surface area contributed by atoms with Crippen LogP contribution in [0.15, 0.2) is 28.7 Å². The number of nitrogens with zero attached hydrogens (tertiary/aromatic N) is 1. The van der Waals surface area contributed by atoms with Crippen molar-refractivity contribution in [2.24, 2.45) is 0 Å². The van der Waals surface area contributed by atoms with Crippen molar-refractivity contribution in [2.75, 3.05) is 11.9 Å². The van der Waals surface area contributed by atoms with Crippen molar-refractivity contribution in [1.82, 2.24) is 0 Å². The van der Waals surface area contributed by atoms with Crippen molar-refractivity contribution in [2.45, 2.75) is 19.3 Å². The highest BCUT2D eigenvalue weighted by Crippen LogP contribution is 2.38. The van der Waals surface area contributed by atoms with Crippen molar-refractivity contribution in [3.8, 4) is 6.07 Å². The van der Waals surface area contributed by atoms with Gasteiger partial charge in [0.25, 0.3) is 5.91 Å². The molecule has 0 radical (unpaired) electrons. The second-order valence-electron chi connectivity index (χ2n) is 5.30. The number of anilines is 1. The summed E-state index contributed by atoms with van der Waals surface area (Å²) in [5, 5.41) is 12.5. The highest BCUT2D eigenvalue weighted by atomic mass is 79.9. The maximum absolute atomic E-state index is 12.0. The number of carbonyl (C=O) groups excluding carboxylic acids is 2. The van der Waals surface area contributed by atoms with Crippen molar-refractivity contribution >= 4 is 44.1 Å². The van der Waals surface area contributed by atoms with Crippen LogP contribution in [0.4, 0.5) is 5.00 Å².